The first-order valence-corrected chi connectivity index (χ1v) is 5.14. The monoisotopic (exact) mass is 237 g/mol. The number of nitrogens with one attached hydrogen (secondary N) is 1. The molecule has 6 nitrogen and oxygen atoms in total. The van der Waals surface area contributed by atoms with Gasteiger partial charge < -0.3 is 0 Å². The lowest BCUT2D eigenvalue weighted by molar-refractivity contribution is -0.153. The number of nitrogens with zero attached hydrogens (tertiary/aromatic N) is 2. The molecule has 92 valence electrons. The van der Waals surface area contributed by atoms with E-state index in [1.54, 1.807) is 0 Å². The minimum absolute atomic E-state index is 0.0739. The zero-order valence-corrected chi connectivity index (χ0v) is 9.68. The van der Waals surface area contributed by atoms with E-state index in [1.165, 1.54) is 16.9 Å². The number of Topliss-reactive ketones (excluding diaryl/α,β-unsaturated/α-hetero) is 1. The average Bonchev–Trinajstić information content (AvgIpc) is 2.36. The predicted octanol–water partition coefficient (Wildman–Crippen LogP) is -0.346. The molecule has 1 saturated heterocycles. The average molecular weight is 237 g/mol. The highest BCUT2D eigenvalue weighted by atomic mass is 16.2. The van der Waals surface area contributed by atoms with Gasteiger partial charge in [-0.05, 0) is 19.1 Å². The first-order chi connectivity index (χ1) is 7.99. The van der Waals surface area contributed by atoms with Crippen molar-refractivity contribution in [3.05, 3.63) is 25.3 Å². The summed E-state index contributed by atoms with van der Waals surface area (Å²) < 4.78 is 0. The van der Waals surface area contributed by atoms with Gasteiger partial charge in [-0.15, -0.1) is 5.53 Å². The molecular formula is C11H15N3O3. The van der Waals surface area contributed by atoms with Gasteiger partial charge in [0.05, 0.1) is 19.0 Å². The molecule has 0 aliphatic carbocycles. The van der Waals surface area contributed by atoms with Gasteiger partial charge in [-0.2, -0.15) is 0 Å². The quantitative estimate of drug-likeness (QED) is 0.681. The highest BCUT2D eigenvalue weighted by Gasteiger charge is 2.31. The smallest absolute Gasteiger partial charge is 0.261 e. The van der Waals surface area contributed by atoms with Crippen LogP contribution in [-0.2, 0) is 14.4 Å². The van der Waals surface area contributed by atoms with Crippen molar-refractivity contribution < 1.29 is 14.4 Å². The number of hydrogen-bond donors (Lipinski definition) is 1. The summed E-state index contributed by atoms with van der Waals surface area (Å²) in [6.07, 6.45) is 2.23. The van der Waals surface area contributed by atoms with E-state index in [-0.39, 0.29) is 18.9 Å². The second kappa shape index (κ2) is 5.40. The molecule has 0 radical (unpaired) electrons. The summed E-state index contributed by atoms with van der Waals surface area (Å²) in [5.41, 5.74) is 2.61. The minimum atomic E-state index is -0.399. The Morgan fingerprint density at radius 2 is 1.53 bits per heavy atom. The summed E-state index contributed by atoms with van der Waals surface area (Å²) in [5, 5.41) is 2.37. The summed E-state index contributed by atoms with van der Waals surface area (Å²) >= 11 is 0. The Morgan fingerprint density at radius 3 is 1.82 bits per heavy atom. The van der Waals surface area contributed by atoms with Crippen molar-refractivity contribution in [2.75, 3.05) is 13.1 Å². The van der Waals surface area contributed by atoms with Gasteiger partial charge in [-0.3, -0.25) is 24.4 Å². The van der Waals surface area contributed by atoms with Crippen LogP contribution in [0.15, 0.2) is 25.3 Å². The molecule has 0 bridgehead atoms. The zero-order chi connectivity index (χ0) is 13.0. The molecule has 1 rings (SSSR count). The summed E-state index contributed by atoms with van der Waals surface area (Å²) in [6, 6.07) is 0. The Hall–Kier alpha value is -1.95. The van der Waals surface area contributed by atoms with Crippen LogP contribution in [0.4, 0.5) is 0 Å². The molecule has 0 saturated carbocycles. The number of rotatable bonds is 3. The molecule has 0 aromatic carbocycles. The fraction of sp³-hybridized carbons (Fsp3) is 0.364. The van der Waals surface area contributed by atoms with Crippen molar-refractivity contribution in [1.29, 1.82) is 0 Å². The maximum absolute atomic E-state index is 11.5. The summed E-state index contributed by atoms with van der Waals surface area (Å²) in [7, 11) is 0. The Morgan fingerprint density at radius 1 is 1.12 bits per heavy atom. The second-order valence-corrected chi connectivity index (χ2v) is 3.71. The first-order valence-electron chi connectivity index (χ1n) is 5.14. The van der Waals surface area contributed by atoms with E-state index in [0.717, 1.165) is 12.2 Å². The molecule has 1 heterocycles. The molecule has 1 fully saturated rings. The standard InChI is InChI=1S/C11H15N3O3/c1-4-10(16)13-6-9(8(3)15)7-14(12-13)11(17)5-2/h4-5,9,12H,1-2,6-7H2,3H3. The van der Waals surface area contributed by atoms with Crippen molar-refractivity contribution in [3.63, 3.8) is 0 Å². The summed E-state index contributed by atoms with van der Waals surface area (Å²) in [6.45, 7) is 8.59. The van der Waals surface area contributed by atoms with Crippen LogP contribution in [0.5, 0.6) is 0 Å². The summed E-state index contributed by atoms with van der Waals surface area (Å²) in [5.74, 6) is -1.25. The van der Waals surface area contributed by atoms with Crippen LogP contribution in [0.1, 0.15) is 6.92 Å². The number of hydrazine groups is 2. The number of ketones is 1. The van der Waals surface area contributed by atoms with Crippen molar-refractivity contribution in [1.82, 2.24) is 15.6 Å². The number of carbonyl (C=O) groups is 3. The van der Waals surface area contributed by atoms with Gasteiger partial charge in [0.1, 0.15) is 5.78 Å². The zero-order valence-electron chi connectivity index (χ0n) is 9.68. The fourth-order valence-electron chi connectivity index (χ4n) is 1.48. The lowest BCUT2D eigenvalue weighted by Crippen LogP contribution is -2.62. The molecule has 0 aromatic heterocycles. The van der Waals surface area contributed by atoms with Gasteiger partial charge in [-0.25, -0.2) is 0 Å². The molecule has 17 heavy (non-hydrogen) atoms. The third-order valence-corrected chi connectivity index (χ3v) is 2.50. The van der Waals surface area contributed by atoms with E-state index in [9.17, 15) is 14.4 Å². The highest BCUT2D eigenvalue weighted by molar-refractivity contribution is 5.90. The largest absolute Gasteiger partial charge is 0.300 e. The van der Waals surface area contributed by atoms with E-state index >= 15 is 0 Å². The molecule has 1 N–H and O–H groups in total. The topological polar surface area (TPSA) is 69.7 Å². The molecule has 2 amide bonds. The van der Waals surface area contributed by atoms with Crippen molar-refractivity contribution in [2.45, 2.75) is 6.92 Å². The van der Waals surface area contributed by atoms with Crippen molar-refractivity contribution in [3.8, 4) is 0 Å². The molecular weight excluding hydrogens is 222 g/mol. The van der Waals surface area contributed by atoms with E-state index < -0.39 is 17.7 Å². The van der Waals surface area contributed by atoms with E-state index in [0.29, 0.717) is 0 Å². The van der Waals surface area contributed by atoms with Gasteiger partial charge >= 0.3 is 0 Å². The van der Waals surface area contributed by atoms with Crippen LogP contribution < -0.4 is 5.53 Å². The third-order valence-electron chi connectivity index (χ3n) is 2.50. The number of carbonyl (C=O) groups excluding carboxylic acids is 3. The van der Waals surface area contributed by atoms with Crippen molar-refractivity contribution in [2.24, 2.45) is 5.92 Å². The normalized spacial score (nSPS) is 16.5. The lowest BCUT2D eigenvalue weighted by Gasteiger charge is -2.38. The van der Waals surface area contributed by atoms with E-state index in [2.05, 4.69) is 18.7 Å². The molecule has 0 unspecified atom stereocenters. The first kappa shape index (κ1) is 13.1. The number of hydrogen-bond acceptors (Lipinski definition) is 4. The van der Waals surface area contributed by atoms with Gasteiger partial charge in [0.25, 0.3) is 11.8 Å². The molecule has 0 atom stereocenters. The maximum atomic E-state index is 11.5. The Balaban J connectivity index is 2.86. The van der Waals surface area contributed by atoms with Crippen LogP contribution in [0, 0.1) is 5.92 Å². The van der Waals surface area contributed by atoms with Crippen molar-refractivity contribution >= 4 is 17.6 Å². The van der Waals surface area contributed by atoms with Gasteiger partial charge in [0.2, 0.25) is 0 Å². The van der Waals surface area contributed by atoms with Crippen LogP contribution >= 0.6 is 0 Å². The second-order valence-electron chi connectivity index (χ2n) is 3.71. The molecule has 0 spiro atoms. The lowest BCUT2D eigenvalue weighted by atomic mass is 10.0. The van der Waals surface area contributed by atoms with Crippen LogP contribution in [0.2, 0.25) is 0 Å². The van der Waals surface area contributed by atoms with Crippen LogP contribution in [0.25, 0.3) is 0 Å². The Labute approximate surface area is 99.5 Å². The minimum Gasteiger partial charge on any atom is -0.300 e. The molecule has 1 aliphatic heterocycles. The van der Waals surface area contributed by atoms with Gasteiger partial charge in [0, 0.05) is 0 Å². The predicted molar refractivity (Wildman–Crippen MR) is 61.1 cm³/mol. The molecule has 6 heteroatoms. The molecule has 1 aliphatic rings. The number of amides is 2. The van der Waals surface area contributed by atoms with E-state index in [4.69, 9.17) is 0 Å². The van der Waals surface area contributed by atoms with Crippen LogP contribution in [0.3, 0.4) is 0 Å². The van der Waals surface area contributed by atoms with Crippen LogP contribution in [-0.4, -0.2) is 40.7 Å². The summed E-state index contributed by atoms with van der Waals surface area (Å²) in [4.78, 5) is 34.3. The van der Waals surface area contributed by atoms with Gasteiger partial charge in [0.15, 0.2) is 0 Å². The molecule has 0 aromatic rings. The van der Waals surface area contributed by atoms with E-state index in [1.807, 2.05) is 0 Å². The Bertz CT molecular complexity index is 350. The SMILES string of the molecule is C=CC(=O)N1CC(C(C)=O)CN(C(=O)C=C)N1. The van der Waals surface area contributed by atoms with Gasteiger partial charge in [-0.1, -0.05) is 13.2 Å². The fourth-order valence-corrected chi connectivity index (χ4v) is 1.48. The highest BCUT2D eigenvalue weighted by Crippen LogP contribution is 2.10. The maximum Gasteiger partial charge on any atom is 0.261 e. The Kier molecular flexibility index (Phi) is 4.17. The third kappa shape index (κ3) is 3.01.